The van der Waals surface area contributed by atoms with Gasteiger partial charge in [0.15, 0.2) is 0 Å². The number of hydrogen-bond donors (Lipinski definition) is 0. The van der Waals surface area contributed by atoms with Gasteiger partial charge in [-0.05, 0) is 31.9 Å². The Morgan fingerprint density at radius 3 is 1.64 bits per heavy atom. The second-order valence-electron chi connectivity index (χ2n) is 1.92. The summed E-state index contributed by atoms with van der Waals surface area (Å²) >= 11 is 0. The molecule has 0 aliphatic heterocycles. The van der Waals surface area contributed by atoms with Crippen LogP contribution in [0.15, 0.2) is 49.1 Å². The Labute approximate surface area is 70.6 Å². The fourth-order valence-corrected chi connectivity index (χ4v) is 0.673. The third kappa shape index (κ3) is 5.41. The van der Waals surface area contributed by atoms with Crippen molar-refractivity contribution in [2.45, 2.75) is 20.8 Å². The van der Waals surface area contributed by atoms with Crippen LogP contribution in [0.3, 0.4) is 0 Å². The van der Waals surface area contributed by atoms with Gasteiger partial charge >= 0.3 is 0 Å². The minimum Gasteiger partial charge on any atom is -0.106 e. The van der Waals surface area contributed by atoms with Crippen molar-refractivity contribution >= 4 is 0 Å². The van der Waals surface area contributed by atoms with Crippen LogP contribution in [-0.4, -0.2) is 0 Å². The van der Waals surface area contributed by atoms with Gasteiger partial charge in [-0.2, -0.15) is 0 Å². The normalized spacial score (nSPS) is 11.5. The van der Waals surface area contributed by atoms with Crippen LogP contribution in [0.2, 0.25) is 0 Å². The Kier molecular flexibility index (Phi) is 10.3. The average molecular weight is 150 g/mol. The second-order valence-corrected chi connectivity index (χ2v) is 1.92. The van der Waals surface area contributed by atoms with E-state index in [2.05, 4.69) is 38.8 Å². The molecule has 0 heteroatoms. The minimum atomic E-state index is 1.22. The first kappa shape index (κ1) is 12.6. The van der Waals surface area contributed by atoms with Crippen molar-refractivity contribution < 1.29 is 0 Å². The largest absolute Gasteiger partial charge is 0.106 e. The van der Waals surface area contributed by atoms with Gasteiger partial charge in [0.2, 0.25) is 0 Å². The molecule has 0 radical (unpaired) electrons. The Morgan fingerprint density at radius 1 is 1.09 bits per heavy atom. The molecular formula is C11H18. The summed E-state index contributed by atoms with van der Waals surface area (Å²) in [7, 11) is 0. The van der Waals surface area contributed by atoms with E-state index in [0.29, 0.717) is 0 Å². The van der Waals surface area contributed by atoms with Crippen molar-refractivity contribution in [1.29, 1.82) is 0 Å². The average Bonchev–Trinajstić information content (AvgIpc) is 2.10. The summed E-state index contributed by atoms with van der Waals surface area (Å²) in [5, 5.41) is 0. The van der Waals surface area contributed by atoms with Crippen molar-refractivity contribution in [1.82, 2.24) is 0 Å². The second kappa shape index (κ2) is 8.96. The van der Waals surface area contributed by atoms with Crippen LogP contribution >= 0.6 is 0 Å². The van der Waals surface area contributed by atoms with Crippen LogP contribution in [0.25, 0.3) is 0 Å². The van der Waals surface area contributed by atoms with Crippen molar-refractivity contribution in [2.24, 2.45) is 0 Å². The van der Waals surface area contributed by atoms with Gasteiger partial charge in [0.25, 0.3) is 0 Å². The molecule has 0 nitrogen and oxygen atoms in total. The molecule has 0 bridgehead atoms. The molecule has 0 saturated carbocycles. The van der Waals surface area contributed by atoms with Gasteiger partial charge in [-0.15, -0.1) is 13.2 Å². The fraction of sp³-hybridized carbons (Fsp3) is 0.273. The van der Waals surface area contributed by atoms with E-state index in [9.17, 15) is 0 Å². The molecule has 0 amide bonds. The predicted molar refractivity (Wildman–Crippen MR) is 54.6 cm³/mol. The molecule has 0 heterocycles. The zero-order valence-corrected chi connectivity index (χ0v) is 7.85. The highest BCUT2D eigenvalue weighted by Gasteiger charge is 1.88. The molecule has 0 atom stereocenters. The SMILES string of the molecule is C=C.C=CC(=C\C)/C(C)=C/C. The van der Waals surface area contributed by atoms with E-state index < -0.39 is 0 Å². The standard InChI is InChI=1S/C9H14.C2H4/c1-5-8(4)9(6-2)7-3;1-2/h5-7H,2H2,1,3-4H3;1-2H2/b8-5+,9-7+;. The van der Waals surface area contributed by atoms with E-state index in [-0.39, 0.29) is 0 Å². The number of rotatable bonds is 2. The van der Waals surface area contributed by atoms with E-state index >= 15 is 0 Å². The highest BCUT2D eigenvalue weighted by Crippen LogP contribution is 2.08. The molecular weight excluding hydrogens is 132 g/mol. The van der Waals surface area contributed by atoms with Crippen molar-refractivity contribution in [2.75, 3.05) is 0 Å². The van der Waals surface area contributed by atoms with Crippen molar-refractivity contribution in [3.63, 3.8) is 0 Å². The van der Waals surface area contributed by atoms with Crippen molar-refractivity contribution in [3.8, 4) is 0 Å². The molecule has 0 rings (SSSR count). The molecule has 0 aromatic rings. The van der Waals surface area contributed by atoms with Gasteiger partial charge in [0, 0.05) is 0 Å². The van der Waals surface area contributed by atoms with Gasteiger partial charge in [-0.25, -0.2) is 0 Å². The summed E-state index contributed by atoms with van der Waals surface area (Å²) in [6.45, 7) is 15.8. The minimum absolute atomic E-state index is 1.22. The van der Waals surface area contributed by atoms with Gasteiger partial charge in [-0.1, -0.05) is 24.8 Å². The molecule has 62 valence electrons. The summed E-state index contributed by atoms with van der Waals surface area (Å²) in [6.07, 6.45) is 6.01. The first-order chi connectivity index (χ1) is 5.26. The molecule has 0 aromatic heterocycles. The van der Waals surface area contributed by atoms with Crippen LogP contribution in [0, 0.1) is 0 Å². The number of hydrogen-bond acceptors (Lipinski definition) is 0. The van der Waals surface area contributed by atoms with E-state index in [4.69, 9.17) is 0 Å². The van der Waals surface area contributed by atoms with E-state index in [1.54, 1.807) is 0 Å². The summed E-state index contributed by atoms with van der Waals surface area (Å²) < 4.78 is 0. The van der Waals surface area contributed by atoms with Crippen LogP contribution in [-0.2, 0) is 0 Å². The lowest BCUT2D eigenvalue weighted by Gasteiger charge is -1.97. The predicted octanol–water partition coefficient (Wildman–Crippen LogP) is 3.89. The van der Waals surface area contributed by atoms with E-state index in [1.165, 1.54) is 11.1 Å². The molecule has 0 N–H and O–H groups in total. The monoisotopic (exact) mass is 150 g/mol. The molecule has 0 spiro atoms. The fourth-order valence-electron chi connectivity index (χ4n) is 0.673. The zero-order chi connectivity index (χ0) is 9.28. The Morgan fingerprint density at radius 2 is 1.55 bits per heavy atom. The van der Waals surface area contributed by atoms with Crippen LogP contribution in [0.4, 0.5) is 0 Å². The molecule has 0 aromatic carbocycles. The smallest absolute Gasteiger partial charge is 0.0279 e. The van der Waals surface area contributed by atoms with Crippen LogP contribution < -0.4 is 0 Å². The number of allylic oxidation sites excluding steroid dienone is 5. The lowest BCUT2D eigenvalue weighted by Crippen LogP contribution is -1.77. The summed E-state index contributed by atoms with van der Waals surface area (Å²) in [5.74, 6) is 0. The van der Waals surface area contributed by atoms with Gasteiger partial charge in [-0.3, -0.25) is 0 Å². The quantitative estimate of drug-likeness (QED) is 0.414. The molecule has 0 aliphatic rings. The maximum Gasteiger partial charge on any atom is -0.0279 e. The highest BCUT2D eigenvalue weighted by molar-refractivity contribution is 5.36. The molecule has 11 heavy (non-hydrogen) atoms. The Hall–Kier alpha value is -1.04. The highest BCUT2D eigenvalue weighted by atomic mass is 13.9. The first-order valence-electron chi connectivity index (χ1n) is 3.68. The topological polar surface area (TPSA) is 0 Å². The summed E-state index contributed by atoms with van der Waals surface area (Å²) in [4.78, 5) is 0. The maximum absolute atomic E-state index is 3.69. The lowest BCUT2D eigenvalue weighted by atomic mass is 10.1. The van der Waals surface area contributed by atoms with Gasteiger partial charge in [0.1, 0.15) is 0 Å². The van der Waals surface area contributed by atoms with Crippen LogP contribution in [0.1, 0.15) is 20.8 Å². The molecule has 0 aliphatic carbocycles. The van der Waals surface area contributed by atoms with Gasteiger partial charge < -0.3 is 0 Å². The van der Waals surface area contributed by atoms with Crippen LogP contribution in [0.5, 0.6) is 0 Å². The van der Waals surface area contributed by atoms with E-state index in [0.717, 1.165) is 0 Å². The third-order valence-electron chi connectivity index (χ3n) is 1.42. The third-order valence-corrected chi connectivity index (χ3v) is 1.42. The first-order valence-corrected chi connectivity index (χ1v) is 3.68. The summed E-state index contributed by atoms with van der Waals surface area (Å²) in [6, 6.07) is 0. The Bertz CT molecular complexity index is 159. The zero-order valence-electron chi connectivity index (χ0n) is 7.85. The van der Waals surface area contributed by atoms with Crippen molar-refractivity contribution in [3.05, 3.63) is 49.1 Å². The maximum atomic E-state index is 3.69. The summed E-state index contributed by atoms with van der Waals surface area (Å²) in [5.41, 5.74) is 2.50. The molecule has 0 saturated heterocycles. The van der Waals surface area contributed by atoms with E-state index in [1.807, 2.05) is 19.9 Å². The molecule has 0 fully saturated rings. The molecule has 0 unspecified atom stereocenters. The van der Waals surface area contributed by atoms with Gasteiger partial charge in [0.05, 0.1) is 0 Å². The lowest BCUT2D eigenvalue weighted by molar-refractivity contribution is 1.38. The Balaban J connectivity index is 0.